The van der Waals surface area contributed by atoms with Crippen molar-refractivity contribution < 1.29 is 4.74 Å². The normalized spacial score (nSPS) is 24.6. The molecule has 1 aliphatic heterocycles. The molecule has 1 saturated heterocycles. The molecule has 2 unspecified atom stereocenters. The Morgan fingerprint density at radius 2 is 1.68 bits per heavy atom. The molecule has 1 heterocycles. The van der Waals surface area contributed by atoms with Crippen LogP contribution >= 0.6 is 0 Å². The smallest absolute Gasteiger partial charge is 0.0726 e. The summed E-state index contributed by atoms with van der Waals surface area (Å²) in [7, 11) is 0. The highest BCUT2D eigenvalue weighted by Crippen LogP contribution is 2.29. The predicted molar refractivity (Wildman–Crippen MR) is 82.1 cm³/mol. The van der Waals surface area contributed by atoms with Crippen LogP contribution in [0, 0.1) is 6.92 Å². The third kappa shape index (κ3) is 3.30. The second kappa shape index (κ2) is 5.16. The maximum Gasteiger partial charge on any atom is 0.0726 e. The summed E-state index contributed by atoms with van der Waals surface area (Å²) < 4.78 is 5.80. The van der Waals surface area contributed by atoms with Gasteiger partial charge in [-0.05, 0) is 49.4 Å². The number of nitrogens with zero attached hydrogens (tertiary/aromatic N) is 1. The van der Waals surface area contributed by atoms with Crippen molar-refractivity contribution in [1.82, 2.24) is 0 Å². The minimum atomic E-state index is 0.216. The van der Waals surface area contributed by atoms with E-state index >= 15 is 0 Å². The number of hydrogen-bond acceptors (Lipinski definition) is 2. The highest BCUT2D eigenvalue weighted by molar-refractivity contribution is 5.52. The minimum absolute atomic E-state index is 0.216. The summed E-state index contributed by atoms with van der Waals surface area (Å²) in [6.45, 7) is 15.3. The van der Waals surface area contributed by atoms with Crippen molar-refractivity contribution in [1.29, 1.82) is 0 Å². The average Bonchev–Trinajstić information content (AvgIpc) is 2.25. The van der Waals surface area contributed by atoms with E-state index in [2.05, 4.69) is 64.6 Å². The Labute approximate surface area is 117 Å². The first-order valence-corrected chi connectivity index (χ1v) is 7.29. The van der Waals surface area contributed by atoms with Crippen molar-refractivity contribution in [2.24, 2.45) is 0 Å². The van der Waals surface area contributed by atoms with Crippen LogP contribution in [-0.2, 0) is 10.2 Å². The zero-order chi connectivity index (χ0) is 14.2. The lowest BCUT2D eigenvalue weighted by Gasteiger charge is -2.37. The number of anilines is 1. The summed E-state index contributed by atoms with van der Waals surface area (Å²) in [5.41, 5.74) is 4.36. The van der Waals surface area contributed by atoms with Gasteiger partial charge in [-0.1, -0.05) is 26.8 Å². The average molecular weight is 261 g/mol. The van der Waals surface area contributed by atoms with Crippen molar-refractivity contribution in [2.45, 2.75) is 59.2 Å². The summed E-state index contributed by atoms with van der Waals surface area (Å²) >= 11 is 0. The fraction of sp³-hybridized carbons (Fsp3) is 0.647. The van der Waals surface area contributed by atoms with E-state index < -0.39 is 0 Å². The van der Waals surface area contributed by atoms with Gasteiger partial charge < -0.3 is 9.64 Å². The molecule has 2 heteroatoms. The third-order valence-corrected chi connectivity index (χ3v) is 3.80. The van der Waals surface area contributed by atoms with Crippen LogP contribution in [0.2, 0.25) is 0 Å². The first kappa shape index (κ1) is 14.4. The fourth-order valence-electron chi connectivity index (χ4n) is 3.07. The van der Waals surface area contributed by atoms with Crippen LogP contribution in [0.4, 0.5) is 5.69 Å². The zero-order valence-electron chi connectivity index (χ0n) is 13.2. The molecule has 0 N–H and O–H groups in total. The number of morpholine rings is 1. The number of rotatable bonds is 1. The van der Waals surface area contributed by atoms with Crippen LogP contribution in [0.25, 0.3) is 0 Å². The summed E-state index contributed by atoms with van der Waals surface area (Å²) in [6.07, 6.45) is 0.623. The molecule has 0 amide bonds. The molecule has 106 valence electrons. The first-order chi connectivity index (χ1) is 8.77. The quantitative estimate of drug-likeness (QED) is 0.760. The molecule has 2 rings (SSSR count). The summed E-state index contributed by atoms with van der Waals surface area (Å²) in [4.78, 5) is 2.44. The Morgan fingerprint density at radius 3 is 2.16 bits per heavy atom. The van der Waals surface area contributed by atoms with Gasteiger partial charge in [0.2, 0.25) is 0 Å². The molecule has 1 aromatic carbocycles. The molecule has 0 radical (unpaired) electrons. The molecule has 0 spiro atoms. The van der Waals surface area contributed by atoms with Gasteiger partial charge in [-0.3, -0.25) is 0 Å². The van der Waals surface area contributed by atoms with E-state index in [1.807, 2.05) is 0 Å². The van der Waals surface area contributed by atoms with Crippen molar-refractivity contribution >= 4 is 5.69 Å². The monoisotopic (exact) mass is 261 g/mol. The second-order valence-corrected chi connectivity index (χ2v) is 6.91. The predicted octanol–water partition coefficient (Wildman–Crippen LogP) is 3.91. The van der Waals surface area contributed by atoms with Crippen LogP contribution in [0.15, 0.2) is 18.2 Å². The van der Waals surface area contributed by atoms with Gasteiger partial charge >= 0.3 is 0 Å². The molecule has 2 atom stereocenters. The fourth-order valence-corrected chi connectivity index (χ4v) is 3.07. The van der Waals surface area contributed by atoms with Crippen molar-refractivity contribution in [3.05, 3.63) is 29.3 Å². The zero-order valence-corrected chi connectivity index (χ0v) is 13.2. The van der Waals surface area contributed by atoms with Gasteiger partial charge in [-0.2, -0.15) is 0 Å². The molecule has 0 saturated carbocycles. The molecule has 2 nitrogen and oxygen atoms in total. The van der Waals surface area contributed by atoms with Crippen molar-refractivity contribution in [3.63, 3.8) is 0 Å². The van der Waals surface area contributed by atoms with Gasteiger partial charge in [-0.25, -0.2) is 0 Å². The van der Waals surface area contributed by atoms with Gasteiger partial charge in [-0.15, -0.1) is 0 Å². The van der Waals surface area contributed by atoms with Crippen LogP contribution in [0.5, 0.6) is 0 Å². The Bertz CT molecular complexity index is 437. The largest absolute Gasteiger partial charge is 0.372 e. The lowest BCUT2D eigenvalue weighted by atomic mass is 9.84. The molecule has 1 aromatic rings. The van der Waals surface area contributed by atoms with Crippen LogP contribution in [0.1, 0.15) is 45.7 Å². The Kier molecular flexibility index (Phi) is 3.91. The van der Waals surface area contributed by atoms with Crippen molar-refractivity contribution in [2.75, 3.05) is 18.0 Å². The molecule has 0 aliphatic carbocycles. The minimum Gasteiger partial charge on any atom is -0.372 e. The van der Waals surface area contributed by atoms with Gasteiger partial charge in [0.25, 0.3) is 0 Å². The summed E-state index contributed by atoms with van der Waals surface area (Å²) in [5, 5.41) is 0. The van der Waals surface area contributed by atoms with E-state index in [1.165, 1.54) is 16.8 Å². The van der Waals surface area contributed by atoms with Crippen LogP contribution in [-0.4, -0.2) is 25.3 Å². The molecule has 1 fully saturated rings. The van der Waals surface area contributed by atoms with Gasteiger partial charge in [0.1, 0.15) is 0 Å². The number of benzene rings is 1. The highest BCUT2D eigenvalue weighted by Gasteiger charge is 2.23. The maximum absolute atomic E-state index is 5.80. The molecule has 19 heavy (non-hydrogen) atoms. The number of aryl methyl sites for hydroxylation is 1. The van der Waals surface area contributed by atoms with Crippen molar-refractivity contribution in [3.8, 4) is 0 Å². The van der Waals surface area contributed by atoms with Crippen LogP contribution < -0.4 is 4.90 Å². The topological polar surface area (TPSA) is 12.5 Å². The third-order valence-electron chi connectivity index (χ3n) is 3.80. The van der Waals surface area contributed by atoms with Crippen LogP contribution in [0.3, 0.4) is 0 Å². The molecule has 0 bridgehead atoms. The number of hydrogen-bond donors (Lipinski definition) is 0. The Morgan fingerprint density at radius 1 is 1.11 bits per heavy atom. The van der Waals surface area contributed by atoms with E-state index in [1.54, 1.807) is 0 Å². The highest BCUT2D eigenvalue weighted by atomic mass is 16.5. The lowest BCUT2D eigenvalue weighted by Crippen LogP contribution is -2.45. The second-order valence-electron chi connectivity index (χ2n) is 6.91. The van der Waals surface area contributed by atoms with E-state index in [4.69, 9.17) is 4.74 Å². The van der Waals surface area contributed by atoms with Gasteiger partial charge in [0, 0.05) is 18.8 Å². The van der Waals surface area contributed by atoms with E-state index in [0.717, 1.165) is 13.1 Å². The first-order valence-electron chi connectivity index (χ1n) is 7.29. The maximum atomic E-state index is 5.80. The molecular weight excluding hydrogens is 234 g/mol. The SMILES string of the molecule is Cc1cc(N2CC(C)OC(C)C2)ccc1C(C)(C)C. The Hall–Kier alpha value is -1.02. The molecule has 1 aliphatic rings. The lowest BCUT2D eigenvalue weighted by molar-refractivity contribution is -0.00522. The van der Waals surface area contributed by atoms with E-state index in [0.29, 0.717) is 12.2 Å². The summed E-state index contributed by atoms with van der Waals surface area (Å²) in [6, 6.07) is 6.87. The van der Waals surface area contributed by atoms with E-state index in [-0.39, 0.29) is 5.41 Å². The van der Waals surface area contributed by atoms with E-state index in [9.17, 15) is 0 Å². The summed E-state index contributed by atoms with van der Waals surface area (Å²) in [5.74, 6) is 0. The Balaban J connectivity index is 2.25. The standard InChI is InChI=1S/C17H27NO/c1-12-9-15(7-8-16(12)17(4,5)6)18-10-13(2)19-14(3)11-18/h7-9,13-14H,10-11H2,1-6H3. The van der Waals surface area contributed by atoms with Gasteiger partial charge in [0.15, 0.2) is 0 Å². The number of ether oxygens (including phenoxy) is 1. The molecular formula is C17H27NO. The van der Waals surface area contributed by atoms with Gasteiger partial charge in [0.05, 0.1) is 12.2 Å². The molecule has 0 aromatic heterocycles.